The van der Waals surface area contributed by atoms with E-state index in [4.69, 9.17) is 21.7 Å². The van der Waals surface area contributed by atoms with E-state index < -0.39 is 11.9 Å². The average molecular weight is 375 g/mol. The molecule has 0 saturated heterocycles. The van der Waals surface area contributed by atoms with Gasteiger partial charge in [0, 0.05) is 12.5 Å². The smallest absolute Gasteiger partial charge is 0.304 e. The van der Waals surface area contributed by atoms with Gasteiger partial charge >= 0.3 is 11.9 Å². The molecule has 0 radical (unpaired) electrons. The first-order valence-electron chi connectivity index (χ1n) is 10.0. The molecule has 156 valence electrons. The zero-order valence-corrected chi connectivity index (χ0v) is 17.2. The monoisotopic (exact) mass is 374 g/mol. The Labute approximate surface area is 159 Å². The van der Waals surface area contributed by atoms with Crippen molar-refractivity contribution in [3.05, 3.63) is 0 Å². The van der Waals surface area contributed by atoms with E-state index in [9.17, 15) is 9.59 Å². The molecule has 0 bridgehead atoms. The standard InChI is InChI=1S/2C10H21NO2/c1-3-4-8(2)5-9(7-11)6-10(12)13;1-3-4-5-8(2)6-9(11)7-10(12)13/h2*8-9H,3-7,11H2,1-2H3,(H,12,13)/t2*8-,9+/m11/s1. The summed E-state index contributed by atoms with van der Waals surface area (Å²) in [7, 11) is 0. The molecule has 6 nitrogen and oxygen atoms in total. The van der Waals surface area contributed by atoms with Crippen molar-refractivity contribution in [2.45, 2.75) is 91.5 Å². The van der Waals surface area contributed by atoms with Gasteiger partial charge in [0.05, 0.1) is 6.42 Å². The second-order valence-electron chi connectivity index (χ2n) is 7.67. The van der Waals surface area contributed by atoms with E-state index in [-0.39, 0.29) is 24.8 Å². The average Bonchev–Trinajstić information content (AvgIpc) is 2.51. The maximum atomic E-state index is 10.5. The van der Waals surface area contributed by atoms with Gasteiger partial charge in [-0.1, -0.05) is 59.8 Å². The molecule has 0 aliphatic carbocycles. The number of carboxylic acid groups (broad SMARTS) is 2. The van der Waals surface area contributed by atoms with Gasteiger partial charge in [-0.2, -0.15) is 0 Å². The molecule has 0 saturated carbocycles. The first-order valence-corrected chi connectivity index (χ1v) is 10.0. The number of rotatable bonds is 14. The van der Waals surface area contributed by atoms with Crippen molar-refractivity contribution in [3.8, 4) is 0 Å². The summed E-state index contributed by atoms with van der Waals surface area (Å²) in [6.45, 7) is 9.08. The lowest BCUT2D eigenvalue weighted by Gasteiger charge is -2.17. The molecule has 0 aromatic rings. The number of unbranched alkanes of at least 4 members (excludes halogenated alkanes) is 1. The second kappa shape index (κ2) is 17.3. The number of hydrogen-bond acceptors (Lipinski definition) is 4. The van der Waals surface area contributed by atoms with E-state index in [1.807, 2.05) is 0 Å². The highest BCUT2D eigenvalue weighted by Crippen LogP contribution is 2.18. The van der Waals surface area contributed by atoms with Crippen molar-refractivity contribution in [1.82, 2.24) is 0 Å². The fraction of sp³-hybridized carbons (Fsp3) is 0.900. The molecule has 0 rings (SSSR count). The normalized spacial score (nSPS) is 15.3. The number of hydrogen-bond donors (Lipinski definition) is 4. The van der Waals surface area contributed by atoms with Crippen LogP contribution >= 0.6 is 0 Å². The Morgan fingerprint density at radius 2 is 1.42 bits per heavy atom. The van der Waals surface area contributed by atoms with Crippen LogP contribution in [0.2, 0.25) is 0 Å². The van der Waals surface area contributed by atoms with Crippen LogP contribution < -0.4 is 11.5 Å². The Bertz CT molecular complexity index is 364. The number of carboxylic acids is 2. The van der Waals surface area contributed by atoms with Gasteiger partial charge in [-0.15, -0.1) is 0 Å². The van der Waals surface area contributed by atoms with E-state index in [0.29, 0.717) is 18.4 Å². The molecular weight excluding hydrogens is 332 g/mol. The first-order chi connectivity index (χ1) is 12.2. The molecule has 6 N–H and O–H groups in total. The van der Waals surface area contributed by atoms with Crippen molar-refractivity contribution >= 4 is 11.9 Å². The van der Waals surface area contributed by atoms with Crippen LogP contribution in [0.25, 0.3) is 0 Å². The number of nitrogens with two attached hydrogens (primary N) is 2. The van der Waals surface area contributed by atoms with Gasteiger partial charge in [-0.05, 0) is 37.1 Å². The Balaban J connectivity index is 0. The predicted octanol–water partition coefficient (Wildman–Crippen LogP) is 3.87. The van der Waals surface area contributed by atoms with Gasteiger partial charge in [0.1, 0.15) is 0 Å². The molecule has 0 amide bonds. The lowest BCUT2D eigenvalue weighted by atomic mass is 9.90. The molecule has 0 fully saturated rings. The molecule has 0 heterocycles. The highest BCUT2D eigenvalue weighted by atomic mass is 16.4. The molecular formula is C20H42N2O4. The summed E-state index contributed by atoms with van der Waals surface area (Å²) in [4.78, 5) is 20.8. The van der Waals surface area contributed by atoms with Crippen LogP contribution in [0.3, 0.4) is 0 Å². The molecule has 0 aliphatic rings. The molecule has 0 spiro atoms. The summed E-state index contributed by atoms with van der Waals surface area (Å²) in [5, 5.41) is 17.1. The Morgan fingerprint density at radius 3 is 1.85 bits per heavy atom. The lowest BCUT2D eigenvalue weighted by molar-refractivity contribution is -0.138. The minimum Gasteiger partial charge on any atom is -0.481 e. The van der Waals surface area contributed by atoms with E-state index in [1.165, 1.54) is 12.8 Å². The van der Waals surface area contributed by atoms with Gasteiger partial charge in [-0.25, -0.2) is 0 Å². The molecule has 4 atom stereocenters. The Hall–Kier alpha value is -1.14. The topological polar surface area (TPSA) is 127 Å². The summed E-state index contributed by atoms with van der Waals surface area (Å²) in [6.07, 6.45) is 7.95. The molecule has 26 heavy (non-hydrogen) atoms. The zero-order valence-electron chi connectivity index (χ0n) is 17.2. The van der Waals surface area contributed by atoms with E-state index in [0.717, 1.165) is 32.1 Å². The van der Waals surface area contributed by atoms with Crippen molar-refractivity contribution < 1.29 is 19.8 Å². The van der Waals surface area contributed by atoms with Crippen molar-refractivity contribution in [2.75, 3.05) is 6.54 Å². The third-order valence-corrected chi connectivity index (χ3v) is 4.51. The van der Waals surface area contributed by atoms with Gasteiger partial charge in [-0.3, -0.25) is 9.59 Å². The maximum absolute atomic E-state index is 10.5. The van der Waals surface area contributed by atoms with Crippen LogP contribution in [0.1, 0.15) is 85.5 Å². The fourth-order valence-corrected chi connectivity index (χ4v) is 3.18. The maximum Gasteiger partial charge on any atom is 0.304 e. The summed E-state index contributed by atoms with van der Waals surface area (Å²) in [5.41, 5.74) is 11.2. The van der Waals surface area contributed by atoms with Crippen LogP contribution in [0, 0.1) is 17.8 Å². The minimum absolute atomic E-state index is 0.0937. The number of carbonyl (C=O) groups is 2. The summed E-state index contributed by atoms with van der Waals surface area (Å²) in [5.74, 6) is -0.236. The largest absolute Gasteiger partial charge is 0.481 e. The predicted molar refractivity (Wildman–Crippen MR) is 107 cm³/mol. The van der Waals surface area contributed by atoms with Crippen LogP contribution in [-0.4, -0.2) is 34.7 Å². The zero-order chi connectivity index (χ0) is 20.5. The van der Waals surface area contributed by atoms with Crippen LogP contribution in [0.15, 0.2) is 0 Å². The van der Waals surface area contributed by atoms with Crippen molar-refractivity contribution in [1.29, 1.82) is 0 Å². The van der Waals surface area contributed by atoms with Crippen LogP contribution in [0.4, 0.5) is 0 Å². The third-order valence-electron chi connectivity index (χ3n) is 4.51. The van der Waals surface area contributed by atoms with Crippen LogP contribution in [0.5, 0.6) is 0 Å². The molecule has 0 aromatic carbocycles. The Kier molecular flexibility index (Phi) is 18.0. The highest BCUT2D eigenvalue weighted by molar-refractivity contribution is 5.67. The van der Waals surface area contributed by atoms with Crippen molar-refractivity contribution in [3.63, 3.8) is 0 Å². The number of aliphatic carboxylic acids is 2. The van der Waals surface area contributed by atoms with E-state index in [1.54, 1.807) is 0 Å². The molecule has 0 unspecified atom stereocenters. The van der Waals surface area contributed by atoms with Crippen molar-refractivity contribution in [2.24, 2.45) is 29.2 Å². The lowest BCUT2D eigenvalue weighted by Crippen LogP contribution is -2.25. The van der Waals surface area contributed by atoms with E-state index in [2.05, 4.69) is 27.7 Å². The SMILES string of the molecule is CCCC[C@@H](C)C[C@H](N)CC(=O)O.CCC[C@@H](C)C[C@H](CN)CC(=O)O. The fourth-order valence-electron chi connectivity index (χ4n) is 3.18. The molecule has 0 aliphatic heterocycles. The Morgan fingerprint density at radius 1 is 0.885 bits per heavy atom. The molecule has 6 heteroatoms. The third kappa shape index (κ3) is 19.2. The van der Waals surface area contributed by atoms with Gasteiger partial charge in [0.2, 0.25) is 0 Å². The van der Waals surface area contributed by atoms with Gasteiger partial charge < -0.3 is 21.7 Å². The quantitative estimate of drug-likeness (QED) is 0.365. The molecule has 0 aromatic heterocycles. The highest BCUT2D eigenvalue weighted by Gasteiger charge is 2.14. The second-order valence-corrected chi connectivity index (χ2v) is 7.67. The summed E-state index contributed by atoms with van der Waals surface area (Å²) < 4.78 is 0. The minimum atomic E-state index is -0.796. The summed E-state index contributed by atoms with van der Waals surface area (Å²) in [6, 6.07) is -0.177. The summed E-state index contributed by atoms with van der Waals surface area (Å²) >= 11 is 0. The van der Waals surface area contributed by atoms with Gasteiger partial charge in [0.25, 0.3) is 0 Å². The van der Waals surface area contributed by atoms with E-state index >= 15 is 0 Å². The van der Waals surface area contributed by atoms with Gasteiger partial charge in [0.15, 0.2) is 0 Å². The van der Waals surface area contributed by atoms with Crippen LogP contribution in [-0.2, 0) is 9.59 Å². The first kappa shape index (κ1) is 27.1.